The third-order valence-electron chi connectivity index (χ3n) is 4.53. The Balaban J connectivity index is 1.81. The molecule has 0 saturated carbocycles. The van der Waals surface area contributed by atoms with Crippen LogP contribution in [0.25, 0.3) is 0 Å². The van der Waals surface area contributed by atoms with E-state index in [1.165, 1.54) is 11.1 Å². The minimum Gasteiger partial charge on any atom is -0.508 e. The molecule has 0 radical (unpaired) electrons. The van der Waals surface area contributed by atoms with Crippen molar-refractivity contribution in [3.63, 3.8) is 0 Å². The van der Waals surface area contributed by atoms with Crippen LogP contribution >= 0.6 is 0 Å². The van der Waals surface area contributed by atoms with E-state index in [-0.39, 0.29) is 0 Å². The molecule has 1 fully saturated rings. The molecule has 3 heteroatoms. The van der Waals surface area contributed by atoms with Crippen molar-refractivity contribution in [3.8, 4) is 5.75 Å². The number of rotatable bonds is 4. The van der Waals surface area contributed by atoms with E-state index in [4.69, 9.17) is 0 Å². The molecule has 1 heterocycles. The monoisotopic (exact) mass is 296 g/mol. The minimum atomic E-state index is 0.333. The van der Waals surface area contributed by atoms with Gasteiger partial charge in [0.2, 0.25) is 0 Å². The van der Waals surface area contributed by atoms with Crippen molar-refractivity contribution in [3.05, 3.63) is 65.7 Å². The second kappa shape index (κ2) is 6.95. The fourth-order valence-electron chi connectivity index (χ4n) is 3.12. The maximum absolute atomic E-state index is 9.47. The lowest BCUT2D eigenvalue weighted by atomic mass is 9.96. The van der Waals surface area contributed by atoms with Gasteiger partial charge in [0.1, 0.15) is 5.75 Å². The zero-order chi connectivity index (χ0) is 15.4. The smallest absolute Gasteiger partial charge is 0.115 e. The number of benzene rings is 2. The number of phenolic OH excluding ortho intramolecular Hbond substituents is 1. The molecule has 0 spiro atoms. The van der Waals surface area contributed by atoms with E-state index in [2.05, 4.69) is 47.2 Å². The second-order valence-electron chi connectivity index (χ2n) is 6.14. The molecule has 2 aromatic carbocycles. The highest BCUT2D eigenvalue weighted by Gasteiger charge is 2.23. The maximum atomic E-state index is 9.47. The van der Waals surface area contributed by atoms with Gasteiger partial charge >= 0.3 is 0 Å². The van der Waals surface area contributed by atoms with Crippen LogP contribution in [-0.2, 0) is 6.42 Å². The van der Waals surface area contributed by atoms with E-state index in [0.717, 1.165) is 32.6 Å². The average Bonchev–Trinajstić information content (AvgIpc) is 2.56. The molecule has 1 N–H and O–H groups in total. The van der Waals surface area contributed by atoms with Gasteiger partial charge in [-0.25, -0.2) is 0 Å². The summed E-state index contributed by atoms with van der Waals surface area (Å²) in [5.74, 6) is 0.333. The molecule has 3 rings (SSSR count). The molecule has 0 aliphatic carbocycles. The summed E-state index contributed by atoms with van der Waals surface area (Å²) in [5.41, 5.74) is 2.64. The summed E-state index contributed by atoms with van der Waals surface area (Å²) >= 11 is 0. The summed E-state index contributed by atoms with van der Waals surface area (Å²) in [7, 11) is 2.19. The number of aromatic hydroxyl groups is 1. The van der Waals surface area contributed by atoms with E-state index >= 15 is 0 Å². The van der Waals surface area contributed by atoms with E-state index < -0.39 is 0 Å². The van der Waals surface area contributed by atoms with Gasteiger partial charge in [0.25, 0.3) is 0 Å². The SMILES string of the molecule is CN1CCN(C(Cc2ccc(O)cc2)c2ccccc2)CC1. The van der Waals surface area contributed by atoms with E-state index in [1.54, 1.807) is 12.1 Å². The van der Waals surface area contributed by atoms with Crippen molar-refractivity contribution in [1.82, 2.24) is 9.80 Å². The molecule has 2 aromatic rings. The Labute approximate surface area is 132 Å². The fourth-order valence-corrected chi connectivity index (χ4v) is 3.12. The van der Waals surface area contributed by atoms with Crippen LogP contribution in [0.3, 0.4) is 0 Å². The van der Waals surface area contributed by atoms with Crippen molar-refractivity contribution in [2.45, 2.75) is 12.5 Å². The van der Waals surface area contributed by atoms with Crippen LogP contribution in [0.15, 0.2) is 54.6 Å². The summed E-state index contributed by atoms with van der Waals surface area (Å²) in [6, 6.07) is 18.8. The Morgan fingerprint density at radius 2 is 1.55 bits per heavy atom. The van der Waals surface area contributed by atoms with Crippen LogP contribution in [0.2, 0.25) is 0 Å². The normalized spacial score (nSPS) is 18.2. The molecule has 1 saturated heterocycles. The van der Waals surface area contributed by atoms with Crippen LogP contribution in [-0.4, -0.2) is 48.1 Å². The van der Waals surface area contributed by atoms with Crippen molar-refractivity contribution in [2.75, 3.05) is 33.2 Å². The highest BCUT2D eigenvalue weighted by molar-refractivity contribution is 5.28. The van der Waals surface area contributed by atoms with Crippen LogP contribution in [0.4, 0.5) is 0 Å². The molecule has 0 amide bonds. The summed E-state index contributed by atoms with van der Waals surface area (Å²) in [5, 5.41) is 9.47. The molecule has 1 atom stereocenters. The zero-order valence-corrected chi connectivity index (χ0v) is 13.2. The lowest BCUT2D eigenvalue weighted by Gasteiger charge is -2.38. The molecule has 116 valence electrons. The summed E-state index contributed by atoms with van der Waals surface area (Å²) in [6.07, 6.45) is 0.980. The van der Waals surface area contributed by atoms with Gasteiger partial charge in [-0.05, 0) is 36.7 Å². The molecular formula is C19H24N2O. The lowest BCUT2D eigenvalue weighted by Crippen LogP contribution is -2.46. The van der Waals surface area contributed by atoms with Crippen LogP contribution < -0.4 is 0 Å². The number of hydrogen-bond donors (Lipinski definition) is 1. The molecule has 0 bridgehead atoms. The predicted molar refractivity (Wildman–Crippen MR) is 90.1 cm³/mol. The van der Waals surface area contributed by atoms with Gasteiger partial charge in [-0.2, -0.15) is 0 Å². The quantitative estimate of drug-likeness (QED) is 0.940. The molecular weight excluding hydrogens is 272 g/mol. The van der Waals surface area contributed by atoms with Gasteiger partial charge in [-0.1, -0.05) is 42.5 Å². The first kappa shape index (κ1) is 15.1. The fraction of sp³-hybridized carbons (Fsp3) is 0.368. The Hall–Kier alpha value is -1.84. The molecule has 3 nitrogen and oxygen atoms in total. The highest BCUT2D eigenvalue weighted by Crippen LogP contribution is 2.26. The number of hydrogen-bond acceptors (Lipinski definition) is 3. The molecule has 1 aliphatic heterocycles. The van der Waals surface area contributed by atoms with Crippen LogP contribution in [0, 0.1) is 0 Å². The molecule has 1 unspecified atom stereocenters. The van der Waals surface area contributed by atoms with Gasteiger partial charge < -0.3 is 10.0 Å². The summed E-state index contributed by atoms with van der Waals surface area (Å²) in [6.45, 7) is 4.46. The first-order valence-corrected chi connectivity index (χ1v) is 7.98. The maximum Gasteiger partial charge on any atom is 0.115 e. The van der Waals surface area contributed by atoms with Gasteiger partial charge in [-0.3, -0.25) is 4.90 Å². The average molecular weight is 296 g/mol. The van der Waals surface area contributed by atoms with E-state index in [1.807, 2.05) is 12.1 Å². The Bertz CT molecular complexity index is 574. The van der Waals surface area contributed by atoms with Crippen molar-refractivity contribution in [2.24, 2.45) is 0 Å². The van der Waals surface area contributed by atoms with E-state index in [9.17, 15) is 5.11 Å². The van der Waals surface area contributed by atoms with Crippen molar-refractivity contribution in [1.29, 1.82) is 0 Å². The highest BCUT2D eigenvalue weighted by atomic mass is 16.3. The van der Waals surface area contributed by atoms with Gasteiger partial charge in [-0.15, -0.1) is 0 Å². The Morgan fingerprint density at radius 1 is 0.909 bits per heavy atom. The molecule has 22 heavy (non-hydrogen) atoms. The lowest BCUT2D eigenvalue weighted by molar-refractivity contribution is 0.111. The van der Waals surface area contributed by atoms with Gasteiger partial charge in [0.15, 0.2) is 0 Å². The standard InChI is InChI=1S/C19H24N2O/c1-20-11-13-21(14-12-20)19(17-5-3-2-4-6-17)15-16-7-9-18(22)10-8-16/h2-10,19,22H,11-15H2,1H3. The third-order valence-corrected chi connectivity index (χ3v) is 4.53. The largest absolute Gasteiger partial charge is 0.508 e. The Kier molecular flexibility index (Phi) is 4.76. The molecule has 0 aromatic heterocycles. The van der Waals surface area contributed by atoms with Crippen molar-refractivity contribution < 1.29 is 5.11 Å². The zero-order valence-electron chi connectivity index (χ0n) is 13.2. The first-order chi connectivity index (χ1) is 10.7. The van der Waals surface area contributed by atoms with Gasteiger partial charge in [0.05, 0.1) is 0 Å². The number of phenols is 1. The second-order valence-corrected chi connectivity index (χ2v) is 6.14. The summed E-state index contributed by atoms with van der Waals surface area (Å²) < 4.78 is 0. The third kappa shape index (κ3) is 3.67. The van der Waals surface area contributed by atoms with Crippen LogP contribution in [0.5, 0.6) is 5.75 Å². The minimum absolute atomic E-state index is 0.333. The topological polar surface area (TPSA) is 26.7 Å². The van der Waals surface area contributed by atoms with Crippen molar-refractivity contribution >= 4 is 0 Å². The number of nitrogens with zero attached hydrogens (tertiary/aromatic N) is 2. The number of piperazine rings is 1. The first-order valence-electron chi connectivity index (χ1n) is 7.98. The van der Waals surface area contributed by atoms with Gasteiger partial charge in [0, 0.05) is 32.2 Å². The van der Waals surface area contributed by atoms with E-state index in [0.29, 0.717) is 11.8 Å². The predicted octanol–water partition coefficient (Wildman–Crippen LogP) is 2.92. The summed E-state index contributed by atoms with van der Waals surface area (Å²) in [4.78, 5) is 4.97. The number of likely N-dealkylation sites (N-methyl/N-ethyl adjacent to an activating group) is 1. The molecule has 1 aliphatic rings. The Morgan fingerprint density at radius 3 is 2.18 bits per heavy atom. The van der Waals surface area contributed by atoms with Crippen LogP contribution in [0.1, 0.15) is 17.2 Å².